The van der Waals surface area contributed by atoms with Crippen LogP contribution in [0.2, 0.25) is 0 Å². The third-order valence-corrected chi connectivity index (χ3v) is 9.72. The maximum atomic E-state index is 10.2. The molecule has 162 valence electrons. The van der Waals surface area contributed by atoms with Gasteiger partial charge in [-0.25, -0.2) is 0 Å². The van der Waals surface area contributed by atoms with Crippen molar-refractivity contribution in [2.75, 3.05) is 0 Å². The SMILES string of the molecule is CC(C)(C)c1ccc(C2=CC[C@H]3[C@@H]4CC=C5C[C@@H](O)CC[C@]5(C)[C@H]4CC[C@]23C)cc1. The van der Waals surface area contributed by atoms with E-state index >= 15 is 0 Å². The van der Waals surface area contributed by atoms with Gasteiger partial charge in [0.05, 0.1) is 6.10 Å². The molecule has 0 amide bonds. The first-order valence-corrected chi connectivity index (χ1v) is 12.3. The lowest BCUT2D eigenvalue weighted by molar-refractivity contribution is -0.0238. The fraction of sp³-hybridized carbons (Fsp3) is 0.655. The first-order chi connectivity index (χ1) is 14.1. The second kappa shape index (κ2) is 6.83. The molecule has 2 fully saturated rings. The third-order valence-electron chi connectivity index (χ3n) is 9.72. The normalized spacial score (nSPS) is 40.7. The van der Waals surface area contributed by atoms with E-state index < -0.39 is 0 Å². The van der Waals surface area contributed by atoms with E-state index in [-0.39, 0.29) is 11.5 Å². The van der Waals surface area contributed by atoms with Gasteiger partial charge < -0.3 is 5.11 Å². The fourth-order valence-corrected chi connectivity index (χ4v) is 7.81. The highest BCUT2D eigenvalue weighted by atomic mass is 16.3. The molecule has 0 spiro atoms. The summed E-state index contributed by atoms with van der Waals surface area (Å²) in [5.74, 6) is 2.38. The Hall–Kier alpha value is -1.34. The molecule has 1 N–H and O–H groups in total. The van der Waals surface area contributed by atoms with Crippen LogP contribution in [0.25, 0.3) is 5.57 Å². The molecule has 0 aliphatic heterocycles. The lowest BCUT2D eigenvalue weighted by atomic mass is 9.47. The molecule has 0 unspecified atom stereocenters. The van der Waals surface area contributed by atoms with Crippen LogP contribution in [0.15, 0.2) is 42.0 Å². The summed E-state index contributed by atoms with van der Waals surface area (Å²) in [5, 5.41) is 10.2. The van der Waals surface area contributed by atoms with Crippen LogP contribution in [0, 0.1) is 28.6 Å². The van der Waals surface area contributed by atoms with E-state index in [4.69, 9.17) is 0 Å². The Kier molecular flexibility index (Phi) is 4.68. The molecular weight excluding hydrogens is 364 g/mol. The monoisotopic (exact) mass is 404 g/mol. The van der Waals surface area contributed by atoms with Crippen molar-refractivity contribution >= 4 is 5.57 Å². The first kappa shape index (κ1) is 20.6. The Bertz CT molecular complexity index is 882. The quantitative estimate of drug-likeness (QED) is 0.487. The Morgan fingerprint density at radius 2 is 1.57 bits per heavy atom. The molecule has 4 aliphatic rings. The second-order valence-electron chi connectivity index (χ2n) is 12.3. The zero-order valence-electron chi connectivity index (χ0n) is 19.7. The van der Waals surface area contributed by atoms with Crippen LogP contribution in [-0.4, -0.2) is 11.2 Å². The van der Waals surface area contributed by atoms with Crippen LogP contribution >= 0.6 is 0 Å². The molecule has 2 saturated carbocycles. The molecule has 0 aromatic heterocycles. The zero-order chi connectivity index (χ0) is 21.3. The predicted molar refractivity (Wildman–Crippen MR) is 126 cm³/mol. The predicted octanol–water partition coefficient (Wildman–Crippen LogP) is 7.30. The van der Waals surface area contributed by atoms with Crippen molar-refractivity contribution in [3.05, 3.63) is 53.1 Å². The van der Waals surface area contributed by atoms with E-state index in [9.17, 15) is 5.11 Å². The highest BCUT2D eigenvalue weighted by Crippen LogP contribution is 2.66. The van der Waals surface area contributed by atoms with Crippen LogP contribution in [0.5, 0.6) is 0 Å². The molecule has 1 nitrogen and oxygen atoms in total. The van der Waals surface area contributed by atoms with Crippen molar-refractivity contribution in [3.8, 4) is 0 Å². The maximum absolute atomic E-state index is 10.2. The van der Waals surface area contributed by atoms with Crippen molar-refractivity contribution in [1.29, 1.82) is 0 Å². The zero-order valence-corrected chi connectivity index (χ0v) is 19.7. The van der Waals surface area contributed by atoms with Gasteiger partial charge in [0.2, 0.25) is 0 Å². The summed E-state index contributed by atoms with van der Waals surface area (Å²) in [7, 11) is 0. The molecule has 0 radical (unpaired) electrons. The van der Waals surface area contributed by atoms with Gasteiger partial charge in [0, 0.05) is 0 Å². The first-order valence-electron chi connectivity index (χ1n) is 12.3. The van der Waals surface area contributed by atoms with Gasteiger partial charge in [-0.15, -0.1) is 0 Å². The summed E-state index contributed by atoms with van der Waals surface area (Å²) in [5.41, 5.74) is 6.93. The van der Waals surface area contributed by atoms with Crippen molar-refractivity contribution in [2.24, 2.45) is 28.6 Å². The van der Waals surface area contributed by atoms with Gasteiger partial charge in [0.15, 0.2) is 0 Å². The van der Waals surface area contributed by atoms with E-state index in [2.05, 4.69) is 71.0 Å². The molecular formula is C29H40O. The Labute approximate surface area is 183 Å². The van der Waals surface area contributed by atoms with E-state index in [0.717, 1.165) is 30.6 Å². The number of benzene rings is 1. The van der Waals surface area contributed by atoms with E-state index in [1.165, 1.54) is 43.2 Å². The summed E-state index contributed by atoms with van der Waals surface area (Å²) in [6.07, 6.45) is 13.3. The second-order valence-corrected chi connectivity index (χ2v) is 12.3. The van der Waals surface area contributed by atoms with Crippen molar-refractivity contribution < 1.29 is 5.11 Å². The molecule has 1 aromatic carbocycles. The van der Waals surface area contributed by atoms with Crippen LogP contribution in [-0.2, 0) is 5.41 Å². The highest BCUT2D eigenvalue weighted by Gasteiger charge is 2.56. The van der Waals surface area contributed by atoms with Crippen molar-refractivity contribution in [1.82, 2.24) is 0 Å². The van der Waals surface area contributed by atoms with Gasteiger partial charge >= 0.3 is 0 Å². The fourth-order valence-electron chi connectivity index (χ4n) is 7.81. The lowest BCUT2D eigenvalue weighted by Crippen LogP contribution is -2.49. The number of allylic oxidation sites excluding steroid dienone is 3. The van der Waals surface area contributed by atoms with Crippen molar-refractivity contribution in [3.63, 3.8) is 0 Å². The largest absolute Gasteiger partial charge is 0.393 e. The number of rotatable bonds is 1. The smallest absolute Gasteiger partial charge is 0.0577 e. The van der Waals surface area contributed by atoms with Crippen LogP contribution < -0.4 is 0 Å². The maximum Gasteiger partial charge on any atom is 0.0577 e. The van der Waals surface area contributed by atoms with Gasteiger partial charge in [-0.1, -0.05) is 76.6 Å². The van der Waals surface area contributed by atoms with Crippen molar-refractivity contribution in [2.45, 2.75) is 91.1 Å². The van der Waals surface area contributed by atoms with Gasteiger partial charge in [-0.05, 0) is 95.6 Å². The minimum Gasteiger partial charge on any atom is -0.393 e. The van der Waals surface area contributed by atoms with Crippen LogP contribution in [0.4, 0.5) is 0 Å². The summed E-state index contributed by atoms with van der Waals surface area (Å²) < 4.78 is 0. The highest BCUT2D eigenvalue weighted by molar-refractivity contribution is 5.73. The van der Waals surface area contributed by atoms with E-state index in [1.54, 1.807) is 11.1 Å². The standard InChI is InChI=1S/C29H40O/c1-27(2,3)20-8-6-19(7-9-20)24-12-13-25-23-11-10-21-18-22(30)14-16-28(21,4)26(23)15-17-29(24,25)5/h6-10,12,22-23,25-26,30H,11,13-18H2,1-5H3/t22-,23-,25-,26-,28-,29+/m0/s1. The summed E-state index contributed by atoms with van der Waals surface area (Å²) in [6, 6.07) is 9.47. The van der Waals surface area contributed by atoms with Gasteiger partial charge in [-0.3, -0.25) is 0 Å². The minimum absolute atomic E-state index is 0.106. The lowest BCUT2D eigenvalue weighted by Gasteiger charge is -2.57. The Balaban J connectivity index is 1.43. The van der Waals surface area contributed by atoms with E-state index in [0.29, 0.717) is 10.8 Å². The Morgan fingerprint density at radius 3 is 2.27 bits per heavy atom. The average Bonchev–Trinajstić information content (AvgIpc) is 3.05. The third kappa shape index (κ3) is 2.99. The molecule has 6 atom stereocenters. The number of aliphatic hydroxyl groups is 1. The van der Waals surface area contributed by atoms with Gasteiger partial charge in [0.25, 0.3) is 0 Å². The molecule has 0 saturated heterocycles. The molecule has 30 heavy (non-hydrogen) atoms. The molecule has 5 rings (SSSR count). The minimum atomic E-state index is -0.106. The topological polar surface area (TPSA) is 20.2 Å². The Morgan fingerprint density at radius 1 is 0.867 bits per heavy atom. The molecule has 1 heteroatoms. The van der Waals surface area contributed by atoms with Gasteiger partial charge in [0.1, 0.15) is 0 Å². The average molecular weight is 405 g/mol. The molecule has 4 aliphatic carbocycles. The summed E-state index contributed by atoms with van der Waals surface area (Å²) in [4.78, 5) is 0. The summed E-state index contributed by atoms with van der Waals surface area (Å²) in [6.45, 7) is 12.0. The number of aliphatic hydroxyl groups excluding tert-OH is 1. The number of hydrogen-bond acceptors (Lipinski definition) is 1. The molecule has 0 bridgehead atoms. The van der Waals surface area contributed by atoms with E-state index in [1.807, 2.05) is 0 Å². The number of fused-ring (bicyclic) bond motifs is 5. The van der Waals surface area contributed by atoms with Crippen LogP contribution in [0.1, 0.15) is 90.7 Å². The molecule has 0 heterocycles. The molecule has 1 aromatic rings. The van der Waals surface area contributed by atoms with Crippen LogP contribution in [0.3, 0.4) is 0 Å². The van der Waals surface area contributed by atoms with Gasteiger partial charge in [-0.2, -0.15) is 0 Å². The summed E-state index contributed by atoms with van der Waals surface area (Å²) >= 11 is 0. The number of hydrogen-bond donors (Lipinski definition) is 1.